The smallest absolute Gasteiger partial charge is 0.0897 e. The molecule has 0 radical (unpaired) electrons. The molecule has 0 fully saturated rings. The summed E-state index contributed by atoms with van der Waals surface area (Å²) >= 11 is 1.70. The maximum Gasteiger partial charge on any atom is 0.0897 e. The molecule has 0 aliphatic heterocycles. The zero-order valence-electron chi connectivity index (χ0n) is 11.1. The van der Waals surface area contributed by atoms with E-state index in [4.69, 9.17) is 0 Å². The van der Waals surface area contributed by atoms with Crippen molar-refractivity contribution in [2.45, 2.75) is 33.2 Å². The highest BCUT2D eigenvalue weighted by molar-refractivity contribution is 7.09. The molecule has 96 valence electrons. The van der Waals surface area contributed by atoms with Crippen molar-refractivity contribution in [2.75, 3.05) is 6.54 Å². The fourth-order valence-corrected chi connectivity index (χ4v) is 2.71. The summed E-state index contributed by atoms with van der Waals surface area (Å²) < 4.78 is 0. The lowest BCUT2D eigenvalue weighted by Crippen LogP contribution is -2.24. The number of hydrogen-bond acceptors (Lipinski definition) is 4. The number of aryl methyl sites for hydroxylation is 2. The molecule has 0 aliphatic rings. The number of aromatic nitrogens is 2. The van der Waals surface area contributed by atoms with Gasteiger partial charge in [0.25, 0.3) is 0 Å². The van der Waals surface area contributed by atoms with Gasteiger partial charge in [-0.05, 0) is 32.0 Å². The van der Waals surface area contributed by atoms with Gasteiger partial charge in [0.15, 0.2) is 0 Å². The van der Waals surface area contributed by atoms with Gasteiger partial charge < -0.3 is 5.32 Å². The summed E-state index contributed by atoms with van der Waals surface area (Å²) in [4.78, 5) is 9.05. The maximum absolute atomic E-state index is 4.54. The first-order chi connectivity index (χ1) is 8.70. The van der Waals surface area contributed by atoms with Gasteiger partial charge in [-0.1, -0.05) is 13.0 Å². The molecular formula is C14H19N3S. The van der Waals surface area contributed by atoms with Gasteiger partial charge >= 0.3 is 0 Å². The molecule has 1 unspecified atom stereocenters. The molecule has 1 N–H and O–H groups in total. The first-order valence-corrected chi connectivity index (χ1v) is 7.14. The molecule has 0 saturated carbocycles. The number of rotatable bonds is 5. The summed E-state index contributed by atoms with van der Waals surface area (Å²) in [6.45, 7) is 7.21. The molecule has 0 spiro atoms. The van der Waals surface area contributed by atoms with Gasteiger partial charge in [-0.2, -0.15) is 0 Å². The minimum atomic E-state index is 0.248. The van der Waals surface area contributed by atoms with Crippen molar-refractivity contribution in [1.29, 1.82) is 0 Å². The van der Waals surface area contributed by atoms with E-state index in [0.29, 0.717) is 0 Å². The largest absolute Gasteiger partial charge is 0.309 e. The summed E-state index contributed by atoms with van der Waals surface area (Å²) in [6.07, 6.45) is 2.76. The second-order valence-corrected chi connectivity index (χ2v) is 5.44. The third kappa shape index (κ3) is 3.15. The van der Waals surface area contributed by atoms with Crippen molar-refractivity contribution in [1.82, 2.24) is 15.3 Å². The van der Waals surface area contributed by atoms with Crippen molar-refractivity contribution in [2.24, 2.45) is 0 Å². The summed E-state index contributed by atoms with van der Waals surface area (Å²) in [5, 5.41) is 6.76. The molecule has 0 amide bonds. The summed E-state index contributed by atoms with van der Waals surface area (Å²) in [5.74, 6) is 0. The van der Waals surface area contributed by atoms with Crippen molar-refractivity contribution < 1.29 is 0 Å². The van der Waals surface area contributed by atoms with Gasteiger partial charge in [0.2, 0.25) is 0 Å². The van der Waals surface area contributed by atoms with Crippen LogP contribution in [0, 0.1) is 13.8 Å². The third-order valence-corrected chi connectivity index (χ3v) is 3.73. The number of nitrogens with zero attached hydrogens (tertiary/aromatic N) is 2. The van der Waals surface area contributed by atoms with Crippen LogP contribution in [0.4, 0.5) is 0 Å². The molecule has 18 heavy (non-hydrogen) atoms. The monoisotopic (exact) mass is 261 g/mol. The van der Waals surface area contributed by atoms with Crippen molar-refractivity contribution >= 4 is 11.3 Å². The molecule has 1 atom stereocenters. The Morgan fingerprint density at radius 1 is 1.39 bits per heavy atom. The molecule has 0 bridgehead atoms. The lowest BCUT2D eigenvalue weighted by molar-refractivity contribution is 0.529. The van der Waals surface area contributed by atoms with Crippen LogP contribution in [-0.4, -0.2) is 16.5 Å². The number of thiazole rings is 1. The van der Waals surface area contributed by atoms with Crippen LogP contribution in [-0.2, 0) is 6.42 Å². The van der Waals surface area contributed by atoms with Gasteiger partial charge in [-0.3, -0.25) is 4.98 Å². The quantitative estimate of drug-likeness (QED) is 0.899. The van der Waals surface area contributed by atoms with E-state index in [9.17, 15) is 0 Å². The highest BCUT2D eigenvalue weighted by atomic mass is 32.1. The Labute approximate surface area is 112 Å². The number of likely N-dealkylation sites (N-methyl/N-ethyl adjacent to an activating group) is 1. The number of hydrogen-bond donors (Lipinski definition) is 1. The van der Waals surface area contributed by atoms with Crippen LogP contribution >= 0.6 is 11.3 Å². The standard InChI is InChI=1S/C14H19N3S/c1-4-15-13(8-12-9-18-11(3)17-12)14-10(2)6-5-7-16-14/h5-7,9,13,15H,4,8H2,1-3H3. The van der Waals surface area contributed by atoms with E-state index >= 15 is 0 Å². The third-order valence-electron chi connectivity index (χ3n) is 2.91. The van der Waals surface area contributed by atoms with Gasteiger partial charge in [0.1, 0.15) is 0 Å². The second kappa shape index (κ2) is 6.07. The van der Waals surface area contributed by atoms with Gasteiger partial charge in [-0.25, -0.2) is 4.98 Å². The Hall–Kier alpha value is -1.26. The molecule has 3 nitrogen and oxygen atoms in total. The summed E-state index contributed by atoms with van der Waals surface area (Å²) in [6, 6.07) is 4.34. The van der Waals surface area contributed by atoms with Crippen LogP contribution in [0.3, 0.4) is 0 Å². The highest BCUT2D eigenvalue weighted by Crippen LogP contribution is 2.20. The van der Waals surface area contributed by atoms with Crippen LogP contribution < -0.4 is 5.32 Å². The molecule has 2 rings (SSSR count). The molecule has 2 aromatic heterocycles. The molecule has 2 aromatic rings. The number of nitrogens with one attached hydrogen (secondary N) is 1. The molecule has 4 heteroatoms. The van der Waals surface area contributed by atoms with Gasteiger partial charge in [0.05, 0.1) is 22.4 Å². The predicted octanol–water partition coefficient (Wildman–Crippen LogP) is 3.05. The van der Waals surface area contributed by atoms with E-state index in [0.717, 1.165) is 29.4 Å². The Morgan fingerprint density at radius 2 is 2.22 bits per heavy atom. The maximum atomic E-state index is 4.54. The van der Waals surface area contributed by atoms with E-state index in [-0.39, 0.29) is 6.04 Å². The zero-order chi connectivity index (χ0) is 13.0. The van der Waals surface area contributed by atoms with Crippen LogP contribution in [0.25, 0.3) is 0 Å². The Morgan fingerprint density at radius 3 is 2.83 bits per heavy atom. The predicted molar refractivity (Wildman–Crippen MR) is 75.9 cm³/mol. The average molecular weight is 261 g/mol. The second-order valence-electron chi connectivity index (χ2n) is 4.38. The molecule has 0 aliphatic carbocycles. The lowest BCUT2D eigenvalue weighted by Gasteiger charge is -2.18. The van der Waals surface area contributed by atoms with Crippen LogP contribution in [0.1, 0.15) is 34.9 Å². The van der Waals surface area contributed by atoms with Crippen LogP contribution in [0.2, 0.25) is 0 Å². The zero-order valence-corrected chi connectivity index (χ0v) is 11.9. The Bertz CT molecular complexity index is 507. The minimum absolute atomic E-state index is 0.248. The van der Waals surface area contributed by atoms with E-state index in [1.54, 1.807) is 11.3 Å². The topological polar surface area (TPSA) is 37.8 Å². The molecule has 0 aromatic carbocycles. The Balaban J connectivity index is 2.20. The first-order valence-electron chi connectivity index (χ1n) is 6.26. The highest BCUT2D eigenvalue weighted by Gasteiger charge is 2.15. The van der Waals surface area contributed by atoms with Gasteiger partial charge in [0, 0.05) is 18.0 Å². The van der Waals surface area contributed by atoms with Crippen molar-refractivity contribution in [3.05, 3.63) is 45.7 Å². The van der Waals surface area contributed by atoms with E-state index in [1.807, 2.05) is 19.2 Å². The van der Waals surface area contributed by atoms with Crippen molar-refractivity contribution in [3.8, 4) is 0 Å². The van der Waals surface area contributed by atoms with Gasteiger partial charge in [-0.15, -0.1) is 11.3 Å². The molecular weight excluding hydrogens is 242 g/mol. The van der Waals surface area contributed by atoms with E-state index < -0.39 is 0 Å². The molecule has 0 saturated heterocycles. The minimum Gasteiger partial charge on any atom is -0.309 e. The van der Waals surface area contributed by atoms with E-state index in [2.05, 4.69) is 40.6 Å². The normalized spacial score (nSPS) is 12.6. The van der Waals surface area contributed by atoms with Crippen LogP contribution in [0.5, 0.6) is 0 Å². The fraction of sp³-hybridized carbons (Fsp3) is 0.429. The molecule has 2 heterocycles. The van der Waals surface area contributed by atoms with Crippen molar-refractivity contribution in [3.63, 3.8) is 0 Å². The fourth-order valence-electron chi connectivity index (χ4n) is 2.09. The summed E-state index contributed by atoms with van der Waals surface area (Å²) in [7, 11) is 0. The Kier molecular flexibility index (Phi) is 4.44. The number of pyridine rings is 1. The van der Waals surface area contributed by atoms with Crippen LogP contribution in [0.15, 0.2) is 23.7 Å². The SMILES string of the molecule is CCNC(Cc1csc(C)n1)c1ncccc1C. The van der Waals surface area contributed by atoms with E-state index in [1.165, 1.54) is 5.56 Å². The lowest BCUT2D eigenvalue weighted by atomic mass is 10.0. The first kappa shape index (κ1) is 13.2. The average Bonchev–Trinajstić information content (AvgIpc) is 2.75. The summed E-state index contributed by atoms with van der Waals surface area (Å²) in [5.41, 5.74) is 3.51.